The molecule has 12 nitrogen and oxygen atoms in total. The highest BCUT2D eigenvalue weighted by molar-refractivity contribution is 5.99. The van der Waals surface area contributed by atoms with E-state index in [0.29, 0.717) is 10.9 Å². The third-order valence-corrected chi connectivity index (χ3v) is 8.46. The van der Waals surface area contributed by atoms with Gasteiger partial charge in [0.05, 0.1) is 35.4 Å². The number of aromatic nitrogens is 4. The van der Waals surface area contributed by atoms with Crippen molar-refractivity contribution in [3.63, 3.8) is 0 Å². The predicted molar refractivity (Wildman–Crippen MR) is 170 cm³/mol. The molecule has 4 heterocycles. The summed E-state index contributed by atoms with van der Waals surface area (Å²) in [5.74, 6) is -3.65. The second-order valence-corrected chi connectivity index (χ2v) is 11.5. The van der Waals surface area contributed by atoms with E-state index < -0.39 is 59.4 Å². The molecule has 0 bridgehead atoms. The number of anilines is 1. The number of benzene rings is 2. The van der Waals surface area contributed by atoms with Gasteiger partial charge in [-0.05, 0) is 54.4 Å². The van der Waals surface area contributed by atoms with Gasteiger partial charge in [0.1, 0.15) is 23.5 Å². The minimum absolute atomic E-state index is 0.000616. The summed E-state index contributed by atoms with van der Waals surface area (Å²) in [5.41, 5.74) is -1.02. The number of rotatable bonds is 7. The summed E-state index contributed by atoms with van der Waals surface area (Å²) in [4.78, 5) is 61.9. The fourth-order valence-corrected chi connectivity index (χ4v) is 6.08. The van der Waals surface area contributed by atoms with Crippen LogP contribution in [0.4, 0.5) is 23.2 Å². The molecule has 5 aromatic rings. The number of amides is 1. The van der Waals surface area contributed by atoms with E-state index in [1.807, 2.05) is 0 Å². The minimum Gasteiger partial charge on any atom is -0.480 e. The molecule has 0 aliphatic carbocycles. The summed E-state index contributed by atoms with van der Waals surface area (Å²) in [6, 6.07) is 7.69. The van der Waals surface area contributed by atoms with Crippen LogP contribution in [0, 0.1) is 12.7 Å². The second kappa shape index (κ2) is 12.8. The lowest BCUT2D eigenvalue weighted by atomic mass is 9.99. The Labute approximate surface area is 274 Å². The van der Waals surface area contributed by atoms with Crippen molar-refractivity contribution < 1.29 is 37.0 Å². The average molecular weight is 681 g/mol. The highest BCUT2D eigenvalue weighted by Crippen LogP contribution is 2.33. The maximum atomic E-state index is 15.4. The fourth-order valence-electron chi connectivity index (χ4n) is 6.08. The first-order chi connectivity index (χ1) is 23.3. The van der Waals surface area contributed by atoms with E-state index >= 15 is 4.39 Å². The number of hydrogen-bond donors (Lipinski definition) is 2. The topological polar surface area (TPSA) is 149 Å². The van der Waals surface area contributed by atoms with Crippen LogP contribution >= 0.6 is 0 Å². The van der Waals surface area contributed by atoms with Crippen LogP contribution in [0.3, 0.4) is 0 Å². The molecule has 2 aromatic carbocycles. The van der Waals surface area contributed by atoms with Gasteiger partial charge in [-0.25, -0.2) is 23.5 Å². The molecule has 1 aliphatic heterocycles. The molecule has 0 unspecified atom stereocenters. The van der Waals surface area contributed by atoms with E-state index in [2.05, 4.69) is 15.3 Å². The standard InChI is InChI=1S/C33H28F4N6O6/c1-17-13-19(42-11-12-49-16-25(42)33(35,36)37)15-22(34)26(17)29(44)40-23(31(46)47)14-18-7-8-24(27-20(18)5-3-9-38-27)43-30(45)21-6-4-10-39-28(21)41(2)32(43)48/h3-10,13,15,23,25H,11-12,14,16H2,1-2H3,(H,40,44)(H,46,47)/t23-,25+/m0/s1. The number of carbonyl (C=O) groups excluding carboxylic acids is 1. The van der Waals surface area contributed by atoms with Crippen molar-refractivity contribution in [2.75, 3.05) is 24.7 Å². The van der Waals surface area contributed by atoms with Gasteiger partial charge < -0.3 is 20.1 Å². The molecule has 1 aliphatic rings. The van der Waals surface area contributed by atoms with E-state index in [9.17, 15) is 37.5 Å². The molecule has 0 radical (unpaired) electrons. The number of ether oxygens (including phenoxy) is 1. The zero-order valence-electron chi connectivity index (χ0n) is 26.0. The molecule has 0 spiro atoms. The van der Waals surface area contributed by atoms with Crippen molar-refractivity contribution in [3.05, 3.63) is 104 Å². The lowest BCUT2D eigenvalue weighted by Crippen LogP contribution is -2.53. The Bertz CT molecular complexity index is 2230. The lowest BCUT2D eigenvalue weighted by molar-refractivity contribution is -0.167. The third-order valence-electron chi connectivity index (χ3n) is 8.46. The molecule has 6 rings (SSSR count). The molecule has 2 N–H and O–H groups in total. The Balaban J connectivity index is 1.32. The summed E-state index contributed by atoms with van der Waals surface area (Å²) in [5, 5.41) is 12.9. The van der Waals surface area contributed by atoms with Crippen LogP contribution in [-0.4, -0.2) is 74.1 Å². The molecule has 3 aromatic heterocycles. The van der Waals surface area contributed by atoms with E-state index in [4.69, 9.17) is 4.74 Å². The number of pyridine rings is 2. The molecule has 1 fully saturated rings. The number of carboxylic acids is 1. The van der Waals surface area contributed by atoms with Crippen molar-refractivity contribution in [2.24, 2.45) is 7.05 Å². The number of aryl methyl sites for hydroxylation is 2. The summed E-state index contributed by atoms with van der Waals surface area (Å²) < 4.78 is 63.4. The van der Waals surface area contributed by atoms with Gasteiger partial charge in [0.25, 0.3) is 11.5 Å². The van der Waals surface area contributed by atoms with Crippen molar-refractivity contribution >= 4 is 39.5 Å². The number of carbonyl (C=O) groups is 2. The second-order valence-electron chi connectivity index (χ2n) is 11.5. The molecule has 2 atom stereocenters. The van der Waals surface area contributed by atoms with E-state index in [-0.39, 0.29) is 53.1 Å². The minimum atomic E-state index is -4.65. The summed E-state index contributed by atoms with van der Waals surface area (Å²) in [7, 11) is 1.47. The first-order valence-corrected chi connectivity index (χ1v) is 15.0. The SMILES string of the molecule is Cc1cc(N2CCOC[C@@H]2C(F)(F)F)cc(F)c1C(=O)N[C@@H](Cc1ccc(-n2c(=O)c3cccnc3n(C)c2=O)c2ncccc12)C(=O)O. The molecular weight excluding hydrogens is 652 g/mol. The zero-order chi connectivity index (χ0) is 35.2. The van der Waals surface area contributed by atoms with E-state index in [1.165, 1.54) is 55.2 Å². The molecule has 1 amide bonds. The average Bonchev–Trinajstić information content (AvgIpc) is 3.07. The van der Waals surface area contributed by atoms with Crippen LogP contribution in [0.2, 0.25) is 0 Å². The van der Waals surface area contributed by atoms with Crippen LogP contribution in [0.15, 0.2) is 70.5 Å². The van der Waals surface area contributed by atoms with Crippen molar-refractivity contribution in [1.82, 2.24) is 24.4 Å². The van der Waals surface area contributed by atoms with Gasteiger partial charge in [-0.2, -0.15) is 13.2 Å². The Morgan fingerprint density at radius 3 is 2.49 bits per heavy atom. The quantitative estimate of drug-likeness (QED) is 0.247. The van der Waals surface area contributed by atoms with Crippen LogP contribution in [-0.2, 0) is 23.0 Å². The first-order valence-electron chi connectivity index (χ1n) is 15.0. The normalized spacial score (nSPS) is 15.8. The van der Waals surface area contributed by atoms with E-state index in [0.717, 1.165) is 15.5 Å². The summed E-state index contributed by atoms with van der Waals surface area (Å²) in [6.07, 6.45) is -2.06. The number of hydrogen-bond acceptors (Lipinski definition) is 8. The Kier molecular flexibility index (Phi) is 8.66. The van der Waals surface area contributed by atoms with Crippen LogP contribution in [0.5, 0.6) is 0 Å². The summed E-state index contributed by atoms with van der Waals surface area (Å²) in [6.45, 7) is 0.547. The predicted octanol–water partition coefficient (Wildman–Crippen LogP) is 3.27. The summed E-state index contributed by atoms with van der Waals surface area (Å²) >= 11 is 0. The molecule has 16 heteroatoms. The number of fused-ring (bicyclic) bond motifs is 2. The zero-order valence-corrected chi connectivity index (χ0v) is 26.0. The number of halogens is 4. The monoisotopic (exact) mass is 680 g/mol. The highest BCUT2D eigenvalue weighted by Gasteiger charge is 2.45. The number of nitrogens with zero attached hydrogens (tertiary/aromatic N) is 5. The van der Waals surface area contributed by atoms with Crippen molar-refractivity contribution in [2.45, 2.75) is 31.6 Å². The number of morpholine rings is 1. The Morgan fingerprint density at radius 2 is 1.80 bits per heavy atom. The van der Waals surface area contributed by atoms with Gasteiger partial charge in [-0.3, -0.25) is 19.1 Å². The maximum absolute atomic E-state index is 15.4. The number of alkyl halides is 3. The van der Waals surface area contributed by atoms with Gasteiger partial charge in [0.15, 0.2) is 0 Å². The van der Waals surface area contributed by atoms with Crippen molar-refractivity contribution in [3.8, 4) is 5.69 Å². The highest BCUT2D eigenvalue weighted by atomic mass is 19.4. The van der Waals surface area contributed by atoms with Gasteiger partial charge in [0, 0.05) is 43.5 Å². The van der Waals surface area contributed by atoms with Crippen LogP contribution < -0.4 is 21.5 Å². The number of nitrogens with one attached hydrogen (secondary N) is 1. The molecule has 49 heavy (non-hydrogen) atoms. The maximum Gasteiger partial charge on any atom is 0.411 e. The largest absolute Gasteiger partial charge is 0.480 e. The van der Waals surface area contributed by atoms with Crippen LogP contribution in [0.25, 0.3) is 27.6 Å². The van der Waals surface area contributed by atoms with Gasteiger partial charge in [-0.1, -0.05) is 12.1 Å². The van der Waals surface area contributed by atoms with Crippen molar-refractivity contribution in [1.29, 1.82) is 0 Å². The molecular formula is C33H28F4N6O6. The number of carboxylic acid groups (broad SMARTS) is 1. The van der Waals surface area contributed by atoms with Gasteiger partial charge in [-0.15, -0.1) is 0 Å². The molecule has 254 valence electrons. The van der Waals surface area contributed by atoms with Gasteiger partial charge >= 0.3 is 17.8 Å². The third kappa shape index (κ3) is 6.10. The first kappa shape index (κ1) is 33.3. The molecule has 1 saturated heterocycles. The number of aliphatic carboxylic acids is 1. The Hall–Kier alpha value is -5.64. The van der Waals surface area contributed by atoms with Gasteiger partial charge in [0.2, 0.25) is 0 Å². The molecule has 0 saturated carbocycles. The smallest absolute Gasteiger partial charge is 0.411 e. The fraction of sp³-hybridized carbons (Fsp3) is 0.273. The van der Waals surface area contributed by atoms with E-state index in [1.54, 1.807) is 18.2 Å². The van der Waals surface area contributed by atoms with Crippen LogP contribution in [0.1, 0.15) is 21.5 Å². The lowest BCUT2D eigenvalue weighted by Gasteiger charge is -2.38. The Morgan fingerprint density at radius 1 is 1.08 bits per heavy atom.